The van der Waals surface area contributed by atoms with Crippen molar-refractivity contribution in [2.24, 2.45) is 0 Å². The monoisotopic (exact) mass is 121 g/mol. The second kappa shape index (κ2) is 1.90. The van der Waals surface area contributed by atoms with Crippen LogP contribution in [0.25, 0.3) is 0 Å². The van der Waals surface area contributed by atoms with Crippen molar-refractivity contribution in [3.8, 4) is 0 Å². The molecule has 0 atom stereocenters. The van der Waals surface area contributed by atoms with Gasteiger partial charge in [-0.1, -0.05) is 12.2 Å². The predicted molar refractivity (Wildman–Crippen MR) is 38.0 cm³/mol. The van der Waals surface area contributed by atoms with Crippen LogP contribution in [0.1, 0.15) is 12.8 Å². The van der Waals surface area contributed by atoms with Crippen molar-refractivity contribution in [3.63, 3.8) is 0 Å². The van der Waals surface area contributed by atoms with Crippen molar-refractivity contribution in [3.05, 3.63) is 23.9 Å². The molecule has 0 aromatic rings. The first kappa shape index (κ1) is 5.10. The molecule has 0 amide bonds. The van der Waals surface area contributed by atoms with Gasteiger partial charge in [0.1, 0.15) is 0 Å². The van der Waals surface area contributed by atoms with Crippen molar-refractivity contribution < 1.29 is 0 Å². The Balaban J connectivity index is 2.08. The van der Waals surface area contributed by atoms with E-state index in [1.807, 2.05) is 0 Å². The molecule has 1 saturated heterocycles. The van der Waals surface area contributed by atoms with Gasteiger partial charge in [0.15, 0.2) is 0 Å². The SMILES string of the molecule is C1=CC(N2CC2)=CCC1. The lowest BCUT2D eigenvalue weighted by Gasteiger charge is -2.06. The molecule has 0 aromatic heterocycles. The first-order valence-corrected chi connectivity index (χ1v) is 3.58. The van der Waals surface area contributed by atoms with Crippen LogP contribution in [-0.4, -0.2) is 18.0 Å². The number of hydrogen-bond acceptors (Lipinski definition) is 1. The molecule has 0 radical (unpaired) electrons. The topological polar surface area (TPSA) is 3.01 Å². The van der Waals surface area contributed by atoms with E-state index in [9.17, 15) is 0 Å². The second-order valence-corrected chi connectivity index (χ2v) is 2.60. The summed E-state index contributed by atoms with van der Waals surface area (Å²) >= 11 is 0. The highest BCUT2D eigenvalue weighted by Crippen LogP contribution is 2.19. The number of allylic oxidation sites excluding steroid dienone is 3. The molecule has 48 valence electrons. The lowest BCUT2D eigenvalue weighted by molar-refractivity contribution is 0.707. The molecule has 0 saturated carbocycles. The quantitative estimate of drug-likeness (QED) is 0.475. The first-order chi connectivity index (χ1) is 4.47. The summed E-state index contributed by atoms with van der Waals surface area (Å²) in [6.45, 7) is 2.55. The maximum Gasteiger partial charge on any atom is 0.0354 e. The fraction of sp³-hybridized carbons (Fsp3) is 0.500. The number of nitrogens with zero attached hydrogens (tertiary/aromatic N) is 1. The number of hydrogen-bond donors (Lipinski definition) is 0. The van der Waals surface area contributed by atoms with Gasteiger partial charge in [-0.15, -0.1) is 0 Å². The summed E-state index contributed by atoms with van der Waals surface area (Å²) in [5.41, 5.74) is 1.45. The van der Waals surface area contributed by atoms with Crippen LogP contribution >= 0.6 is 0 Å². The molecule has 0 unspecified atom stereocenters. The minimum absolute atomic E-state index is 1.23. The Morgan fingerprint density at radius 2 is 2.11 bits per heavy atom. The largest absolute Gasteiger partial charge is 0.368 e. The Hall–Kier alpha value is -0.720. The van der Waals surface area contributed by atoms with Crippen LogP contribution in [0, 0.1) is 0 Å². The molecule has 9 heavy (non-hydrogen) atoms. The molecule has 0 N–H and O–H groups in total. The molecular weight excluding hydrogens is 110 g/mol. The average Bonchev–Trinajstić information content (AvgIpc) is 2.71. The third kappa shape index (κ3) is 0.995. The summed E-state index contributed by atoms with van der Waals surface area (Å²) in [5, 5.41) is 0. The van der Waals surface area contributed by atoms with Crippen molar-refractivity contribution in [1.82, 2.24) is 4.90 Å². The van der Waals surface area contributed by atoms with E-state index in [4.69, 9.17) is 0 Å². The highest BCUT2D eigenvalue weighted by molar-refractivity contribution is 5.23. The smallest absolute Gasteiger partial charge is 0.0354 e. The van der Waals surface area contributed by atoms with Crippen LogP contribution in [0.15, 0.2) is 23.9 Å². The van der Waals surface area contributed by atoms with E-state index in [0.717, 1.165) is 0 Å². The van der Waals surface area contributed by atoms with Crippen molar-refractivity contribution in [1.29, 1.82) is 0 Å². The first-order valence-electron chi connectivity index (χ1n) is 3.58. The van der Waals surface area contributed by atoms with Gasteiger partial charge in [0.05, 0.1) is 0 Å². The van der Waals surface area contributed by atoms with Crippen LogP contribution in [0.2, 0.25) is 0 Å². The Morgan fingerprint density at radius 3 is 2.67 bits per heavy atom. The fourth-order valence-corrected chi connectivity index (χ4v) is 1.14. The van der Waals surface area contributed by atoms with Gasteiger partial charge in [-0.2, -0.15) is 0 Å². The zero-order valence-corrected chi connectivity index (χ0v) is 5.51. The molecular formula is C8H11N. The van der Waals surface area contributed by atoms with Crippen LogP contribution in [-0.2, 0) is 0 Å². The Bertz CT molecular complexity index is 163. The molecule has 2 rings (SSSR count). The Kier molecular flexibility index (Phi) is 1.08. The number of rotatable bonds is 1. The van der Waals surface area contributed by atoms with Crippen LogP contribution in [0.3, 0.4) is 0 Å². The zero-order chi connectivity index (χ0) is 6.10. The van der Waals surface area contributed by atoms with Gasteiger partial charge in [-0.05, 0) is 18.9 Å². The molecule has 2 aliphatic rings. The molecule has 1 aliphatic carbocycles. The summed E-state index contributed by atoms with van der Waals surface area (Å²) in [6.07, 6.45) is 9.29. The third-order valence-corrected chi connectivity index (χ3v) is 1.79. The molecule has 1 heteroatoms. The molecule has 0 bridgehead atoms. The predicted octanol–water partition coefficient (Wildman–Crippen LogP) is 1.54. The lowest BCUT2D eigenvalue weighted by Crippen LogP contribution is -1.95. The fourth-order valence-electron chi connectivity index (χ4n) is 1.14. The molecule has 1 aliphatic heterocycles. The van der Waals surface area contributed by atoms with E-state index in [2.05, 4.69) is 23.1 Å². The van der Waals surface area contributed by atoms with Crippen molar-refractivity contribution in [2.75, 3.05) is 13.1 Å². The zero-order valence-electron chi connectivity index (χ0n) is 5.51. The van der Waals surface area contributed by atoms with E-state index in [0.29, 0.717) is 0 Å². The highest BCUT2D eigenvalue weighted by atomic mass is 15.3. The third-order valence-electron chi connectivity index (χ3n) is 1.79. The maximum absolute atomic E-state index is 2.38. The standard InChI is InChI=1S/C8H11N/c1-2-4-8(5-3-1)9-6-7-9/h2,4-5H,1,3,6-7H2. The van der Waals surface area contributed by atoms with Gasteiger partial charge < -0.3 is 4.90 Å². The normalized spacial score (nSPS) is 24.0. The van der Waals surface area contributed by atoms with E-state index in [1.165, 1.54) is 31.6 Å². The van der Waals surface area contributed by atoms with E-state index in [1.54, 1.807) is 0 Å². The second-order valence-electron chi connectivity index (χ2n) is 2.60. The summed E-state index contributed by atoms with van der Waals surface area (Å²) < 4.78 is 0. The van der Waals surface area contributed by atoms with Gasteiger partial charge in [-0.25, -0.2) is 0 Å². The Labute approximate surface area is 55.7 Å². The lowest BCUT2D eigenvalue weighted by atomic mass is 10.1. The Morgan fingerprint density at radius 1 is 1.22 bits per heavy atom. The molecule has 1 nitrogen and oxygen atoms in total. The van der Waals surface area contributed by atoms with Crippen molar-refractivity contribution in [2.45, 2.75) is 12.8 Å². The van der Waals surface area contributed by atoms with Crippen LogP contribution < -0.4 is 0 Å². The van der Waals surface area contributed by atoms with E-state index in [-0.39, 0.29) is 0 Å². The van der Waals surface area contributed by atoms with Gasteiger partial charge in [-0.3, -0.25) is 0 Å². The minimum Gasteiger partial charge on any atom is -0.368 e. The summed E-state index contributed by atoms with van der Waals surface area (Å²) in [4.78, 5) is 2.38. The van der Waals surface area contributed by atoms with Gasteiger partial charge in [0.2, 0.25) is 0 Å². The minimum atomic E-state index is 1.23. The molecule has 1 heterocycles. The van der Waals surface area contributed by atoms with Crippen LogP contribution in [0.4, 0.5) is 0 Å². The van der Waals surface area contributed by atoms with Gasteiger partial charge in [0, 0.05) is 18.8 Å². The maximum atomic E-state index is 2.38. The van der Waals surface area contributed by atoms with Gasteiger partial charge >= 0.3 is 0 Å². The van der Waals surface area contributed by atoms with Crippen molar-refractivity contribution >= 4 is 0 Å². The summed E-state index contributed by atoms with van der Waals surface area (Å²) in [7, 11) is 0. The van der Waals surface area contributed by atoms with E-state index < -0.39 is 0 Å². The van der Waals surface area contributed by atoms with E-state index >= 15 is 0 Å². The average molecular weight is 121 g/mol. The van der Waals surface area contributed by atoms with Gasteiger partial charge in [0.25, 0.3) is 0 Å². The highest BCUT2D eigenvalue weighted by Gasteiger charge is 2.18. The molecule has 0 spiro atoms. The molecule has 0 aromatic carbocycles. The summed E-state index contributed by atoms with van der Waals surface area (Å²) in [5.74, 6) is 0. The summed E-state index contributed by atoms with van der Waals surface area (Å²) in [6, 6.07) is 0. The van der Waals surface area contributed by atoms with Crippen LogP contribution in [0.5, 0.6) is 0 Å². The molecule has 1 fully saturated rings.